The molecule has 1 aliphatic heterocycles. The minimum absolute atomic E-state index is 0.00737. The fourth-order valence-corrected chi connectivity index (χ4v) is 5.24. The van der Waals surface area contributed by atoms with Crippen LogP contribution in [0, 0.1) is 6.92 Å². The monoisotopic (exact) mass is 405 g/mol. The molecule has 2 nitrogen and oxygen atoms in total. The molecular weight excluding hydrogens is 377 g/mol. The zero-order chi connectivity index (χ0) is 19.7. The third kappa shape index (κ3) is 5.07. The summed E-state index contributed by atoms with van der Waals surface area (Å²) in [5.41, 5.74) is 1.63. The van der Waals surface area contributed by atoms with Crippen LogP contribution in [0.2, 0.25) is 0 Å². The van der Waals surface area contributed by atoms with Gasteiger partial charge in [0, 0.05) is 27.3 Å². The van der Waals surface area contributed by atoms with Crippen LogP contribution >= 0.6 is 23.5 Å². The number of alkyl halides is 1. The van der Waals surface area contributed by atoms with E-state index in [1.807, 2.05) is 36.2 Å². The average Bonchev–Trinajstić information content (AvgIpc) is 2.60. The zero-order valence-corrected chi connectivity index (χ0v) is 18.3. The molecule has 2 atom stereocenters. The third-order valence-corrected chi connectivity index (χ3v) is 7.13. The Morgan fingerprint density at radius 2 is 2.04 bits per heavy atom. The minimum Gasteiger partial charge on any atom is -0.372 e. The van der Waals surface area contributed by atoms with Crippen LogP contribution < -0.4 is 0 Å². The SMILES string of the molecule is CSc1cnc(C2CC(C)(Sc3cccc(C(C)(C)F)c3)CCO2)c(C)c1. The summed E-state index contributed by atoms with van der Waals surface area (Å²) in [6.07, 6.45) is 5.87. The molecule has 0 aliphatic carbocycles. The first-order valence-corrected chi connectivity index (χ1v) is 11.3. The van der Waals surface area contributed by atoms with E-state index in [0.717, 1.165) is 29.0 Å². The third-order valence-electron chi connectivity index (χ3n) is 5.09. The van der Waals surface area contributed by atoms with E-state index in [0.29, 0.717) is 6.61 Å². The molecule has 1 aromatic carbocycles. The number of thioether (sulfide) groups is 2. The lowest BCUT2D eigenvalue weighted by Crippen LogP contribution is -2.32. The highest BCUT2D eigenvalue weighted by atomic mass is 32.2. The van der Waals surface area contributed by atoms with Crippen LogP contribution in [0.15, 0.2) is 46.3 Å². The first-order chi connectivity index (χ1) is 12.7. The van der Waals surface area contributed by atoms with Crippen LogP contribution in [0.4, 0.5) is 4.39 Å². The van der Waals surface area contributed by atoms with E-state index in [2.05, 4.69) is 37.2 Å². The van der Waals surface area contributed by atoms with Gasteiger partial charge in [0.15, 0.2) is 0 Å². The molecule has 146 valence electrons. The molecule has 0 N–H and O–H groups in total. The molecule has 1 fully saturated rings. The lowest BCUT2D eigenvalue weighted by molar-refractivity contribution is -0.000720. The molecule has 5 heteroatoms. The van der Waals surface area contributed by atoms with E-state index in [-0.39, 0.29) is 10.9 Å². The van der Waals surface area contributed by atoms with Crippen molar-refractivity contribution in [3.63, 3.8) is 0 Å². The quantitative estimate of drug-likeness (QED) is 0.515. The summed E-state index contributed by atoms with van der Waals surface area (Å²) >= 11 is 3.54. The molecule has 0 spiro atoms. The number of ether oxygens (including phenoxy) is 1. The van der Waals surface area contributed by atoms with Crippen molar-refractivity contribution in [1.82, 2.24) is 4.98 Å². The molecule has 2 heterocycles. The lowest BCUT2D eigenvalue weighted by atomic mass is 9.93. The van der Waals surface area contributed by atoms with Crippen LogP contribution in [0.25, 0.3) is 0 Å². The second kappa shape index (κ2) is 8.14. The highest BCUT2D eigenvalue weighted by Crippen LogP contribution is 2.46. The van der Waals surface area contributed by atoms with Gasteiger partial charge in [-0.05, 0) is 76.1 Å². The zero-order valence-electron chi connectivity index (χ0n) is 16.7. The number of aromatic nitrogens is 1. The molecule has 3 rings (SSSR count). The summed E-state index contributed by atoms with van der Waals surface area (Å²) in [5, 5.41) is 0. The highest BCUT2D eigenvalue weighted by Gasteiger charge is 2.36. The Morgan fingerprint density at radius 1 is 1.26 bits per heavy atom. The topological polar surface area (TPSA) is 22.1 Å². The highest BCUT2D eigenvalue weighted by molar-refractivity contribution is 8.00. The van der Waals surface area contributed by atoms with Gasteiger partial charge >= 0.3 is 0 Å². The van der Waals surface area contributed by atoms with Crippen molar-refractivity contribution in [2.45, 2.75) is 66.8 Å². The van der Waals surface area contributed by atoms with E-state index in [9.17, 15) is 4.39 Å². The summed E-state index contributed by atoms with van der Waals surface area (Å²) < 4.78 is 20.4. The smallest absolute Gasteiger partial charge is 0.130 e. The molecular formula is C22H28FNOS2. The summed E-state index contributed by atoms with van der Waals surface area (Å²) in [6.45, 7) is 8.32. The number of hydrogen-bond acceptors (Lipinski definition) is 4. The van der Waals surface area contributed by atoms with Crippen molar-refractivity contribution >= 4 is 23.5 Å². The molecule has 2 unspecified atom stereocenters. The molecule has 27 heavy (non-hydrogen) atoms. The van der Waals surface area contributed by atoms with Gasteiger partial charge in [-0.3, -0.25) is 4.98 Å². The molecule has 2 aromatic rings. The van der Waals surface area contributed by atoms with Gasteiger partial charge in [0.05, 0.1) is 5.69 Å². The summed E-state index contributed by atoms with van der Waals surface area (Å²) in [5.74, 6) is 0. The van der Waals surface area contributed by atoms with Gasteiger partial charge in [-0.1, -0.05) is 12.1 Å². The predicted octanol–water partition coefficient (Wildman–Crippen LogP) is 6.72. The number of rotatable bonds is 5. The summed E-state index contributed by atoms with van der Waals surface area (Å²) in [4.78, 5) is 6.98. The molecule has 0 bridgehead atoms. The Bertz CT molecular complexity index is 805. The van der Waals surface area contributed by atoms with Crippen molar-refractivity contribution in [3.05, 3.63) is 53.3 Å². The van der Waals surface area contributed by atoms with E-state index < -0.39 is 5.67 Å². The standard InChI is InChI=1S/C22H28FNOS2/c1-15-11-18(26-5)14-24-20(15)19-13-22(4,9-10-25-19)27-17-8-6-7-16(12-17)21(2,3)23/h6-8,11-12,14,19H,9-10,13H2,1-5H3. The Kier molecular flexibility index (Phi) is 6.24. The Hall–Kier alpha value is -1.04. The summed E-state index contributed by atoms with van der Waals surface area (Å²) in [6, 6.07) is 10.1. The van der Waals surface area contributed by atoms with Crippen LogP contribution in [0.3, 0.4) is 0 Å². The molecule has 1 aromatic heterocycles. The number of pyridine rings is 1. The van der Waals surface area contributed by atoms with E-state index in [4.69, 9.17) is 4.74 Å². The fourth-order valence-electron chi connectivity index (χ4n) is 3.46. The van der Waals surface area contributed by atoms with Crippen LogP contribution in [-0.2, 0) is 10.4 Å². The van der Waals surface area contributed by atoms with Crippen molar-refractivity contribution in [2.75, 3.05) is 12.9 Å². The van der Waals surface area contributed by atoms with Crippen molar-refractivity contribution in [3.8, 4) is 0 Å². The molecule has 1 saturated heterocycles. The maximum Gasteiger partial charge on any atom is 0.130 e. The van der Waals surface area contributed by atoms with E-state index in [1.165, 1.54) is 10.5 Å². The van der Waals surface area contributed by atoms with Gasteiger partial charge in [-0.25, -0.2) is 4.39 Å². The normalized spacial score (nSPS) is 23.4. The van der Waals surface area contributed by atoms with Crippen LogP contribution in [-0.4, -0.2) is 22.6 Å². The minimum atomic E-state index is -1.32. The van der Waals surface area contributed by atoms with Gasteiger partial charge in [-0.15, -0.1) is 23.5 Å². The van der Waals surface area contributed by atoms with Gasteiger partial charge in [0.2, 0.25) is 0 Å². The van der Waals surface area contributed by atoms with Crippen molar-refractivity contribution in [1.29, 1.82) is 0 Å². The molecule has 1 aliphatic rings. The Morgan fingerprint density at radius 3 is 2.70 bits per heavy atom. The molecule has 0 saturated carbocycles. The Labute approximate surface area is 170 Å². The number of halogens is 1. The second-order valence-corrected chi connectivity index (χ2v) is 10.5. The van der Waals surface area contributed by atoms with Gasteiger partial charge in [0.1, 0.15) is 11.8 Å². The van der Waals surface area contributed by atoms with Crippen LogP contribution in [0.5, 0.6) is 0 Å². The van der Waals surface area contributed by atoms with Gasteiger partial charge < -0.3 is 4.74 Å². The number of benzene rings is 1. The summed E-state index contributed by atoms with van der Waals surface area (Å²) in [7, 11) is 0. The number of hydrogen-bond donors (Lipinski definition) is 0. The maximum absolute atomic E-state index is 14.3. The van der Waals surface area contributed by atoms with Gasteiger partial charge in [0.25, 0.3) is 0 Å². The number of aryl methyl sites for hydroxylation is 1. The lowest BCUT2D eigenvalue weighted by Gasteiger charge is -2.38. The van der Waals surface area contributed by atoms with Crippen molar-refractivity contribution < 1.29 is 9.13 Å². The van der Waals surface area contributed by atoms with Gasteiger partial charge in [-0.2, -0.15) is 0 Å². The average molecular weight is 406 g/mol. The first-order valence-electron chi connectivity index (χ1n) is 9.31. The predicted molar refractivity (Wildman–Crippen MR) is 114 cm³/mol. The Balaban J connectivity index is 1.79. The largest absolute Gasteiger partial charge is 0.372 e. The van der Waals surface area contributed by atoms with E-state index >= 15 is 0 Å². The maximum atomic E-state index is 14.3. The van der Waals surface area contributed by atoms with Crippen LogP contribution in [0.1, 0.15) is 56.5 Å². The second-order valence-electron chi connectivity index (χ2n) is 7.94. The number of nitrogens with zero attached hydrogens (tertiary/aromatic N) is 1. The van der Waals surface area contributed by atoms with E-state index in [1.54, 1.807) is 25.6 Å². The molecule has 0 radical (unpaired) electrons. The first kappa shape index (κ1) is 20.7. The fraction of sp³-hybridized carbons (Fsp3) is 0.500. The molecule has 0 amide bonds. The van der Waals surface area contributed by atoms with Crippen molar-refractivity contribution in [2.24, 2.45) is 0 Å².